The third kappa shape index (κ3) is 4.24. The van der Waals surface area contributed by atoms with Gasteiger partial charge in [0, 0.05) is 5.56 Å². The summed E-state index contributed by atoms with van der Waals surface area (Å²) >= 11 is 0. The van der Waals surface area contributed by atoms with Gasteiger partial charge in [-0.15, -0.1) is 0 Å². The van der Waals surface area contributed by atoms with Crippen molar-refractivity contribution in [3.05, 3.63) is 35.1 Å². The second-order valence-electron chi connectivity index (χ2n) is 4.21. The SMILES string of the molecule is CS(=O)(=O)OCCc1ccc(C2OCCO2)c(F)c1. The molecule has 1 aliphatic rings. The van der Waals surface area contributed by atoms with Crippen LogP contribution >= 0.6 is 0 Å². The molecular weight excluding hydrogens is 275 g/mol. The third-order valence-corrected chi connectivity index (χ3v) is 3.22. The lowest BCUT2D eigenvalue weighted by molar-refractivity contribution is -0.0464. The topological polar surface area (TPSA) is 61.8 Å². The zero-order valence-electron chi connectivity index (χ0n) is 10.5. The van der Waals surface area contributed by atoms with Crippen molar-refractivity contribution in [2.75, 3.05) is 26.1 Å². The van der Waals surface area contributed by atoms with Crippen LogP contribution in [0.1, 0.15) is 17.4 Å². The van der Waals surface area contributed by atoms with E-state index in [2.05, 4.69) is 4.18 Å². The molecule has 0 radical (unpaired) electrons. The predicted octanol–water partition coefficient (Wildman–Crippen LogP) is 1.39. The van der Waals surface area contributed by atoms with Crippen LogP contribution in [0.2, 0.25) is 0 Å². The minimum Gasteiger partial charge on any atom is -0.346 e. The smallest absolute Gasteiger partial charge is 0.264 e. The van der Waals surface area contributed by atoms with Gasteiger partial charge in [-0.1, -0.05) is 12.1 Å². The van der Waals surface area contributed by atoms with E-state index in [4.69, 9.17) is 9.47 Å². The molecule has 1 aromatic rings. The summed E-state index contributed by atoms with van der Waals surface area (Å²) in [7, 11) is -3.46. The van der Waals surface area contributed by atoms with Crippen LogP contribution in [0.25, 0.3) is 0 Å². The molecule has 1 aliphatic heterocycles. The molecule has 0 N–H and O–H groups in total. The van der Waals surface area contributed by atoms with Crippen LogP contribution in [0, 0.1) is 5.82 Å². The predicted molar refractivity (Wildman–Crippen MR) is 65.5 cm³/mol. The Morgan fingerprint density at radius 2 is 2.05 bits per heavy atom. The average Bonchev–Trinajstić information content (AvgIpc) is 2.81. The van der Waals surface area contributed by atoms with E-state index >= 15 is 0 Å². The molecule has 5 nitrogen and oxygen atoms in total. The summed E-state index contributed by atoms with van der Waals surface area (Å²) in [5.41, 5.74) is 1.01. The maximum Gasteiger partial charge on any atom is 0.264 e. The normalized spacial score (nSPS) is 16.9. The molecule has 0 spiro atoms. The van der Waals surface area contributed by atoms with Crippen LogP contribution in [-0.2, 0) is 30.2 Å². The van der Waals surface area contributed by atoms with E-state index in [1.807, 2.05) is 0 Å². The van der Waals surface area contributed by atoms with Gasteiger partial charge in [0.15, 0.2) is 6.29 Å². The maximum atomic E-state index is 13.8. The van der Waals surface area contributed by atoms with Crippen molar-refractivity contribution >= 4 is 10.1 Å². The molecule has 1 aromatic carbocycles. The molecule has 0 aliphatic carbocycles. The first-order valence-corrected chi connectivity index (χ1v) is 7.63. The lowest BCUT2D eigenvalue weighted by Crippen LogP contribution is -2.07. The molecule has 1 saturated heterocycles. The van der Waals surface area contributed by atoms with Crippen LogP contribution in [-0.4, -0.2) is 34.5 Å². The van der Waals surface area contributed by atoms with E-state index in [0.717, 1.165) is 6.26 Å². The molecule has 1 fully saturated rings. The first-order valence-electron chi connectivity index (χ1n) is 5.81. The van der Waals surface area contributed by atoms with Crippen molar-refractivity contribution in [2.45, 2.75) is 12.7 Å². The van der Waals surface area contributed by atoms with Crippen LogP contribution < -0.4 is 0 Å². The Labute approximate surface area is 111 Å². The molecule has 0 atom stereocenters. The number of rotatable bonds is 5. The third-order valence-electron chi connectivity index (χ3n) is 2.63. The van der Waals surface area contributed by atoms with Gasteiger partial charge in [0.05, 0.1) is 26.1 Å². The molecule has 106 valence electrons. The highest BCUT2D eigenvalue weighted by Crippen LogP contribution is 2.26. The molecule has 1 heterocycles. The lowest BCUT2D eigenvalue weighted by Gasteiger charge is -2.11. The monoisotopic (exact) mass is 290 g/mol. The van der Waals surface area contributed by atoms with Gasteiger partial charge in [-0.05, 0) is 18.1 Å². The highest BCUT2D eigenvalue weighted by molar-refractivity contribution is 7.85. The second-order valence-corrected chi connectivity index (χ2v) is 5.85. The van der Waals surface area contributed by atoms with E-state index in [9.17, 15) is 12.8 Å². The average molecular weight is 290 g/mol. The fourth-order valence-corrected chi connectivity index (χ4v) is 2.15. The molecule has 19 heavy (non-hydrogen) atoms. The minimum absolute atomic E-state index is 0.00590. The number of hydrogen-bond donors (Lipinski definition) is 0. The van der Waals surface area contributed by atoms with Gasteiger partial charge in [-0.2, -0.15) is 8.42 Å². The second kappa shape index (κ2) is 5.96. The Hall–Kier alpha value is -1.02. The van der Waals surface area contributed by atoms with Crippen molar-refractivity contribution in [3.8, 4) is 0 Å². The molecule has 2 rings (SSSR count). The van der Waals surface area contributed by atoms with Crippen molar-refractivity contribution in [1.82, 2.24) is 0 Å². The summed E-state index contributed by atoms with van der Waals surface area (Å²) in [6, 6.07) is 4.63. The Morgan fingerprint density at radius 1 is 1.37 bits per heavy atom. The van der Waals surface area contributed by atoms with Gasteiger partial charge in [-0.25, -0.2) is 4.39 Å². The molecule has 0 unspecified atom stereocenters. The number of benzene rings is 1. The summed E-state index contributed by atoms with van der Waals surface area (Å²) in [4.78, 5) is 0. The van der Waals surface area contributed by atoms with E-state index in [-0.39, 0.29) is 6.61 Å². The first-order chi connectivity index (χ1) is 8.96. The van der Waals surface area contributed by atoms with Gasteiger partial charge in [-0.3, -0.25) is 4.18 Å². The van der Waals surface area contributed by atoms with Gasteiger partial charge in [0.1, 0.15) is 5.82 Å². The standard InChI is InChI=1S/C12H15FO5S/c1-19(14,15)18-5-4-9-2-3-10(11(13)8-9)12-16-6-7-17-12/h2-3,8,12H,4-7H2,1H3. The zero-order valence-corrected chi connectivity index (χ0v) is 11.3. The van der Waals surface area contributed by atoms with Crippen LogP contribution in [0.5, 0.6) is 0 Å². The summed E-state index contributed by atoms with van der Waals surface area (Å²) in [5, 5.41) is 0. The summed E-state index contributed by atoms with van der Waals surface area (Å²) in [6.07, 6.45) is 0.642. The maximum absolute atomic E-state index is 13.8. The molecule has 0 saturated carbocycles. The molecular formula is C12H15FO5S. The van der Waals surface area contributed by atoms with Gasteiger partial charge < -0.3 is 9.47 Å². The van der Waals surface area contributed by atoms with E-state index in [1.54, 1.807) is 12.1 Å². The van der Waals surface area contributed by atoms with E-state index in [1.165, 1.54) is 6.07 Å². The first kappa shape index (κ1) is 14.4. The fraction of sp³-hybridized carbons (Fsp3) is 0.500. The van der Waals surface area contributed by atoms with Gasteiger partial charge >= 0.3 is 0 Å². The Kier molecular flexibility index (Phi) is 4.51. The van der Waals surface area contributed by atoms with Crippen molar-refractivity contribution < 1.29 is 26.5 Å². The lowest BCUT2D eigenvalue weighted by atomic mass is 10.1. The highest BCUT2D eigenvalue weighted by Gasteiger charge is 2.21. The zero-order chi connectivity index (χ0) is 13.9. The molecule has 0 amide bonds. The largest absolute Gasteiger partial charge is 0.346 e. The number of ether oxygens (including phenoxy) is 2. The molecule has 0 bridgehead atoms. The molecule has 0 aromatic heterocycles. The molecule has 7 heteroatoms. The Morgan fingerprint density at radius 3 is 2.63 bits per heavy atom. The van der Waals surface area contributed by atoms with Crippen LogP contribution in [0.3, 0.4) is 0 Å². The van der Waals surface area contributed by atoms with E-state index in [0.29, 0.717) is 30.8 Å². The van der Waals surface area contributed by atoms with Gasteiger partial charge in [0.25, 0.3) is 10.1 Å². The number of halogens is 1. The fourth-order valence-electron chi connectivity index (χ4n) is 1.77. The summed E-state index contributed by atoms with van der Waals surface area (Å²) in [6.45, 7) is 0.899. The quantitative estimate of drug-likeness (QED) is 0.767. The van der Waals surface area contributed by atoms with Crippen molar-refractivity contribution in [2.24, 2.45) is 0 Å². The highest BCUT2D eigenvalue weighted by atomic mass is 32.2. The summed E-state index contributed by atoms with van der Waals surface area (Å²) < 4.78 is 50.5. The van der Waals surface area contributed by atoms with Gasteiger partial charge in [0.2, 0.25) is 0 Å². The van der Waals surface area contributed by atoms with Crippen LogP contribution in [0.15, 0.2) is 18.2 Å². The Bertz CT molecular complexity index is 537. The number of hydrogen-bond acceptors (Lipinski definition) is 5. The van der Waals surface area contributed by atoms with Crippen molar-refractivity contribution in [3.63, 3.8) is 0 Å². The van der Waals surface area contributed by atoms with Crippen molar-refractivity contribution in [1.29, 1.82) is 0 Å². The summed E-state index contributed by atoms with van der Waals surface area (Å²) in [5.74, 6) is -0.427. The van der Waals surface area contributed by atoms with E-state index < -0.39 is 22.2 Å². The Balaban J connectivity index is 1.98. The van der Waals surface area contributed by atoms with Crippen LogP contribution in [0.4, 0.5) is 4.39 Å². The minimum atomic E-state index is -3.46.